The van der Waals surface area contributed by atoms with E-state index in [0.717, 1.165) is 0 Å². The molecule has 2 aromatic rings. The Bertz CT molecular complexity index is 511. The lowest BCUT2D eigenvalue weighted by atomic mass is 10.2. The first-order valence-corrected chi connectivity index (χ1v) is 5.62. The van der Waals surface area contributed by atoms with Crippen molar-refractivity contribution < 1.29 is 9.84 Å². The maximum Gasteiger partial charge on any atom is 0.151 e. The fourth-order valence-corrected chi connectivity index (χ4v) is 1.85. The molecule has 0 atom stereocenters. The highest BCUT2D eigenvalue weighted by molar-refractivity contribution is 6.34. The smallest absolute Gasteiger partial charge is 0.151 e. The number of aromatic nitrogens is 1. The minimum atomic E-state index is -0.119. The summed E-state index contributed by atoms with van der Waals surface area (Å²) in [4.78, 5) is 3.93. The van der Waals surface area contributed by atoms with Crippen molar-refractivity contribution in [1.82, 2.24) is 4.98 Å². The van der Waals surface area contributed by atoms with Crippen LogP contribution in [-0.4, -0.2) is 10.1 Å². The van der Waals surface area contributed by atoms with Gasteiger partial charge in [-0.3, -0.25) is 4.98 Å². The minimum absolute atomic E-state index is 0.119. The maximum absolute atomic E-state index is 9.15. The number of aliphatic hydroxyl groups excluding tert-OH is 1. The lowest BCUT2D eigenvalue weighted by Gasteiger charge is -2.09. The van der Waals surface area contributed by atoms with Crippen molar-refractivity contribution in [2.45, 2.75) is 6.61 Å². The van der Waals surface area contributed by atoms with Crippen LogP contribution in [0.25, 0.3) is 0 Å². The van der Waals surface area contributed by atoms with Crippen molar-refractivity contribution in [2.24, 2.45) is 0 Å². The molecule has 2 rings (SSSR count). The second-order valence-electron chi connectivity index (χ2n) is 3.35. The molecule has 0 aliphatic heterocycles. The van der Waals surface area contributed by atoms with Gasteiger partial charge in [0.2, 0.25) is 0 Å². The Labute approximate surface area is 109 Å². The summed E-state index contributed by atoms with van der Waals surface area (Å²) in [7, 11) is 0. The van der Waals surface area contributed by atoms with E-state index in [0.29, 0.717) is 27.1 Å². The first-order valence-electron chi connectivity index (χ1n) is 4.87. The highest BCUT2D eigenvalue weighted by Crippen LogP contribution is 2.29. The van der Waals surface area contributed by atoms with Crippen LogP contribution in [0, 0.1) is 0 Å². The summed E-state index contributed by atoms with van der Waals surface area (Å²) in [5.74, 6) is 0.985. The van der Waals surface area contributed by atoms with Crippen molar-refractivity contribution in [1.29, 1.82) is 0 Å². The molecule has 0 amide bonds. The Hall–Kier alpha value is -1.29. The highest BCUT2D eigenvalue weighted by Gasteiger charge is 2.05. The average molecular weight is 270 g/mol. The molecule has 0 fully saturated rings. The van der Waals surface area contributed by atoms with E-state index in [2.05, 4.69) is 4.98 Å². The molecule has 1 aromatic heterocycles. The van der Waals surface area contributed by atoms with E-state index in [-0.39, 0.29) is 6.61 Å². The minimum Gasteiger partial charge on any atom is -0.455 e. The van der Waals surface area contributed by atoms with Crippen LogP contribution in [0.1, 0.15) is 5.56 Å². The third-order valence-corrected chi connectivity index (χ3v) is 2.54. The largest absolute Gasteiger partial charge is 0.455 e. The molecular formula is C12H9Cl2NO2. The quantitative estimate of drug-likeness (QED) is 0.925. The zero-order valence-corrected chi connectivity index (χ0v) is 10.2. The van der Waals surface area contributed by atoms with E-state index < -0.39 is 0 Å². The SMILES string of the molecule is OCc1ccncc1Oc1cc(Cl)cc(Cl)c1. The number of halogens is 2. The van der Waals surface area contributed by atoms with Gasteiger partial charge in [0.15, 0.2) is 5.75 Å². The molecule has 1 heterocycles. The second-order valence-corrected chi connectivity index (χ2v) is 4.22. The van der Waals surface area contributed by atoms with Crippen molar-refractivity contribution in [2.75, 3.05) is 0 Å². The fraction of sp³-hybridized carbons (Fsp3) is 0.0833. The zero-order chi connectivity index (χ0) is 12.3. The summed E-state index contributed by atoms with van der Waals surface area (Å²) in [6, 6.07) is 6.58. The number of rotatable bonds is 3. The Morgan fingerprint density at radius 3 is 2.53 bits per heavy atom. The van der Waals surface area contributed by atoms with Crippen LogP contribution in [0.2, 0.25) is 10.0 Å². The number of benzene rings is 1. The van der Waals surface area contributed by atoms with Gasteiger partial charge < -0.3 is 9.84 Å². The Balaban J connectivity index is 2.31. The van der Waals surface area contributed by atoms with Crippen LogP contribution in [0.3, 0.4) is 0 Å². The first kappa shape index (κ1) is 12.2. The summed E-state index contributed by atoms with van der Waals surface area (Å²) in [6.07, 6.45) is 3.11. The number of aliphatic hydroxyl groups is 1. The summed E-state index contributed by atoms with van der Waals surface area (Å²) in [6.45, 7) is -0.119. The van der Waals surface area contributed by atoms with Crippen LogP contribution >= 0.6 is 23.2 Å². The zero-order valence-electron chi connectivity index (χ0n) is 8.73. The molecule has 88 valence electrons. The first-order chi connectivity index (χ1) is 8.19. The Kier molecular flexibility index (Phi) is 3.84. The predicted octanol–water partition coefficient (Wildman–Crippen LogP) is 3.67. The van der Waals surface area contributed by atoms with Crippen LogP contribution in [0.4, 0.5) is 0 Å². The third kappa shape index (κ3) is 3.09. The van der Waals surface area contributed by atoms with Crippen LogP contribution in [-0.2, 0) is 6.61 Å². The number of hydrogen-bond donors (Lipinski definition) is 1. The van der Waals surface area contributed by atoms with Gasteiger partial charge in [0, 0.05) is 21.8 Å². The lowest BCUT2D eigenvalue weighted by molar-refractivity contribution is 0.276. The van der Waals surface area contributed by atoms with E-state index in [4.69, 9.17) is 33.0 Å². The molecule has 17 heavy (non-hydrogen) atoms. The normalized spacial score (nSPS) is 10.3. The van der Waals surface area contributed by atoms with Gasteiger partial charge in [-0.1, -0.05) is 23.2 Å². The van der Waals surface area contributed by atoms with E-state index in [1.165, 1.54) is 6.20 Å². The van der Waals surface area contributed by atoms with Gasteiger partial charge in [0.1, 0.15) is 5.75 Å². The van der Waals surface area contributed by atoms with E-state index in [9.17, 15) is 0 Å². The number of nitrogens with zero attached hydrogens (tertiary/aromatic N) is 1. The van der Waals surface area contributed by atoms with E-state index in [1.54, 1.807) is 30.5 Å². The molecule has 0 aliphatic carbocycles. The maximum atomic E-state index is 9.15. The third-order valence-electron chi connectivity index (χ3n) is 2.10. The molecule has 1 aromatic carbocycles. The van der Waals surface area contributed by atoms with Crippen molar-refractivity contribution in [3.8, 4) is 11.5 Å². The molecule has 0 saturated carbocycles. The molecule has 3 nitrogen and oxygen atoms in total. The summed E-state index contributed by atoms with van der Waals surface area (Å²) in [5.41, 5.74) is 0.649. The molecular weight excluding hydrogens is 261 g/mol. The molecule has 0 saturated heterocycles. The molecule has 0 spiro atoms. The molecule has 0 aliphatic rings. The molecule has 0 unspecified atom stereocenters. The predicted molar refractivity (Wildman–Crippen MR) is 66.7 cm³/mol. The Morgan fingerprint density at radius 1 is 1.18 bits per heavy atom. The molecule has 0 radical (unpaired) electrons. The summed E-state index contributed by atoms with van der Waals surface area (Å²) < 4.78 is 5.57. The van der Waals surface area contributed by atoms with Crippen LogP contribution < -0.4 is 4.74 Å². The number of hydrogen-bond acceptors (Lipinski definition) is 3. The van der Waals surface area contributed by atoms with Gasteiger partial charge in [0.25, 0.3) is 0 Å². The second kappa shape index (κ2) is 5.36. The standard InChI is InChI=1S/C12H9Cl2NO2/c13-9-3-10(14)5-11(4-9)17-12-6-15-2-1-8(12)7-16/h1-6,16H,7H2. The lowest BCUT2D eigenvalue weighted by Crippen LogP contribution is -1.92. The van der Waals surface area contributed by atoms with Crippen molar-refractivity contribution in [3.63, 3.8) is 0 Å². The number of pyridine rings is 1. The monoisotopic (exact) mass is 269 g/mol. The summed E-state index contributed by atoms with van der Waals surface area (Å²) >= 11 is 11.7. The molecule has 0 bridgehead atoms. The van der Waals surface area contributed by atoms with Gasteiger partial charge in [-0.2, -0.15) is 0 Å². The number of ether oxygens (including phenoxy) is 1. The van der Waals surface area contributed by atoms with Crippen molar-refractivity contribution >= 4 is 23.2 Å². The van der Waals surface area contributed by atoms with Crippen molar-refractivity contribution in [3.05, 3.63) is 52.3 Å². The van der Waals surface area contributed by atoms with Crippen LogP contribution in [0.5, 0.6) is 11.5 Å². The van der Waals surface area contributed by atoms with E-state index >= 15 is 0 Å². The Morgan fingerprint density at radius 2 is 1.88 bits per heavy atom. The van der Waals surface area contributed by atoms with Gasteiger partial charge in [-0.05, 0) is 24.3 Å². The average Bonchev–Trinajstić information content (AvgIpc) is 2.28. The highest BCUT2D eigenvalue weighted by atomic mass is 35.5. The molecule has 1 N–H and O–H groups in total. The van der Waals surface area contributed by atoms with Gasteiger partial charge in [0.05, 0.1) is 12.8 Å². The van der Waals surface area contributed by atoms with E-state index in [1.807, 2.05) is 0 Å². The van der Waals surface area contributed by atoms with Gasteiger partial charge in [-0.25, -0.2) is 0 Å². The van der Waals surface area contributed by atoms with Crippen LogP contribution in [0.15, 0.2) is 36.7 Å². The van der Waals surface area contributed by atoms with Gasteiger partial charge in [-0.15, -0.1) is 0 Å². The summed E-state index contributed by atoms with van der Waals surface area (Å²) in [5, 5.41) is 10.1. The fourth-order valence-electron chi connectivity index (χ4n) is 1.35. The topological polar surface area (TPSA) is 42.4 Å². The molecule has 5 heteroatoms. The van der Waals surface area contributed by atoms with Gasteiger partial charge >= 0.3 is 0 Å².